The average Bonchev–Trinajstić information content (AvgIpc) is 3.27. The largest absolute Gasteiger partial charge is 0.319 e. The van der Waals surface area contributed by atoms with Gasteiger partial charge in [0.2, 0.25) is 0 Å². The number of aromatic nitrogens is 1. The van der Waals surface area contributed by atoms with E-state index in [4.69, 9.17) is 4.98 Å². The quantitative estimate of drug-likeness (QED) is 0.377. The van der Waals surface area contributed by atoms with Gasteiger partial charge in [0, 0.05) is 9.79 Å². The molecule has 2 aromatic heterocycles. The Bertz CT molecular complexity index is 1050. The van der Waals surface area contributed by atoms with Gasteiger partial charge < -0.3 is 5.32 Å². The monoisotopic (exact) mass is 420 g/mol. The number of carbonyl (C=O) groups excluding carboxylic acids is 1. The first-order chi connectivity index (χ1) is 13.8. The van der Waals surface area contributed by atoms with Crippen LogP contribution in [0.2, 0.25) is 0 Å². The molecule has 0 bridgehead atoms. The number of anilines is 1. The van der Waals surface area contributed by atoms with E-state index >= 15 is 0 Å². The summed E-state index contributed by atoms with van der Waals surface area (Å²) in [7, 11) is 0. The fourth-order valence-electron chi connectivity index (χ4n) is 2.45. The summed E-state index contributed by atoms with van der Waals surface area (Å²) in [6, 6.07) is 27.7. The molecule has 0 spiro atoms. The molecule has 0 unspecified atom stereocenters. The number of nitrogens with zero attached hydrogens (tertiary/aromatic N) is 1. The zero-order valence-corrected chi connectivity index (χ0v) is 17.2. The standard InChI is InChI=1S/C22H16N2OS3/c25-21(19-12-7-15-26-19)23-18-13-14-20(27-16-8-3-1-4-9-16)24-22(18)28-17-10-5-2-6-11-17/h1-15H,(H,23,25). The zero-order chi connectivity index (χ0) is 19.2. The van der Waals surface area contributed by atoms with Crippen molar-refractivity contribution in [3.8, 4) is 0 Å². The lowest BCUT2D eigenvalue weighted by Crippen LogP contribution is -2.11. The summed E-state index contributed by atoms with van der Waals surface area (Å²) in [6.07, 6.45) is 0. The molecule has 0 aliphatic carbocycles. The van der Waals surface area contributed by atoms with Gasteiger partial charge in [-0.05, 0) is 47.8 Å². The summed E-state index contributed by atoms with van der Waals surface area (Å²) < 4.78 is 0. The molecule has 4 aromatic rings. The number of pyridine rings is 1. The molecule has 0 atom stereocenters. The molecule has 0 aliphatic heterocycles. The van der Waals surface area contributed by atoms with Gasteiger partial charge in [0.1, 0.15) is 10.1 Å². The first-order valence-corrected chi connectivity index (χ1v) is 11.1. The second-order valence-corrected chi connectivity index (χ2v) is 8.87. The Morgan fingerprint density at radius 2 is 1.46 bits per heavy atom. The van der Waals surface area contributed by atoms with E-state index < -0.39 is 0 Å². The third-order valence-corrected chi connectivity index (χ3v) is 6.58. The SMILES string of the molecule is O=C(Nc1ccc(Sc2ccccc2)nc1Sc1ccccc1)c1cccs1. The lowest BCUT2D eigenvalue weighted by atomic mass is 10.4. The zero-order valence-electron chi connectivity index (χ0n) is 14.7. The van der Waals surface area contributed by atoms with Crippen LogP contribution < -0.4 is 5.32 Å². The van der Waals surface area contributed by atoms with Gasteiger partial charge in [-0.1, -0.05) is 66.0 Å². The van der Waals surface area contributed by atoms with Gasteiger partial charge in [-0.25, -0.2) is 4.98 Å². The normalized spacial score (nSPS) is 10.6. The molecule has 4 rings (SSSR count). The van der Waals surface area contributed by atoms with Crippen molar-refractivity contribution in [1.29, 1.82) is 0 Å². The minimum Gasteiger partial charge on any atom is -0.319 e. The minimum atomic E-state index is -0.116. The van der Waals surface area contributed by atoms with E-state index in [9.17, 15) is 4.79 Å². The van der Waals surface area contributed by atoms with Gasteiger partial charge in [0.15, 0.2) is 0 Å². The lowest BCUT2D eigenvalue weighted by molar-refractivity contribution is 0.103. The van der Waals surface area contributed by atoms with Crippen LogP contribution in [0, 0.1) is 0 Å². The second-order valence-electron chi connectivity index (χ2n) is 5.76. The van der Waals surface area contributed by atoms with Gasteiger partial charge in [0.25, 0.3) is 5.91 Å². The summed E-state index contributed by atoms with van der Waals surface area (Å²) in [5.74, 6) is -0.116. The smallest absolute Gasteiger partial charge is 0.265 e. The summed E-state index contributed by atoms with van der Waals surface area (Å²) in [5, 5.41) is 6.56. The van der Waals surface area contributed by atoms with E-state index in [1.165, 1.54) is 11.3 Å². The Morgan fingerprint density at radius 3 is 2.11 bits per heavy atom. The topological polar surface area (TPSA) is 42.0 Å². The lowest BCUT2D eigenvalue weighted by Gasteiger charge is -2.11. The van der Waals surface area contributed by atoms with E-state index in [1.807, 2.05) is 78.2 Å². The molecule has 0 radical (unpaired) electrons. The maximum atomic E-state index is 12.5. The van der Waals surface area contributed by atoms with Crippen LogP contribution in [0.15, 0.2) is 110 Å². The molecule has 3 nitrogen and oxygen atoms in total. The number of benzene rings is 2. The highest BCUT2D eigenvalue weighted by atomic mass is 32.2. The third-order valence-electron chi connectivity index (χ3n) is 3.75. The van der Waals surface area contributed by atoms with Crippen molar-refractivity contribution in [3.63, 3.8) is 0 Å². The van der Waals surface area contributed by atoms with Crippen LogP contribution >= 0.6 is 34.9 Å². The molecule has 2 aromatic carbocycles. The first kappa shape index (κ1) is 18.8. The minimum absolute atomic E-state index is 0.116. The molecule has 6 heteroatoms. The van der Waals surface area contributed by atoms with Crippen molar-refractivity contribution in [3.05, 3.63) is 95.2 Å². The number of amides is 1. The maximum Gasteiger partial charge on any atom is 0.265 e. The molecule has 1 N–H and O–H groups in total. The van der Waals surface area contributed by atoms with E-state index in [2.05, 4.69) is 17.4 Å². The molecule has 0 fully saturated rings. The summed E-state index contributed by atoms with van der Waals surface area (Å²) in [4.78, 5) is 20.2. The van der Waals surface area contributed by atoms with Crippen LogP contribution in [0.5, 0.6) is 0 Å². The van der Waals surface area contributed by atoms with Crippen LogP contribution in [-0.2, 0) is 0 Å². The maximum absolute atomic E-state index is 12.5. The summed E-state index contributed by atoms with van der Waals surface area (Å²) in [5.41, 5.74) is 0.713. The van der Waals surface area contributed by atoms with Gasteiger partial charge >= 0.3 is 0 Å². The van der Waals surface area contributed by atoms with Gasteiger partial charge in [-0.2, -0.15) is 0 Å². The number of nitrogens with one attached hydrogen (secondary N) is 1. The highest BCUT2D eigenvalue weighted by Crippen LogP contribution is 2.35. The Balaban J connectivity index is 1.63. The predicted octanol–water partition coefficient (Wildman–Crippen LogP) is 6.70. The Morgan fingerprint density at radius 1 is 0.786 bits per heavy atom. The Kier molecular flexibility index (Phi) is 6.11. The van der Waals surface area contributed by atoms with Crippen molar-refractivity contribution < 1.29 is 4.79 Å². The van der Waals surface area contributed by atoms with Crippen molar-refractivity contribution in [2.24, 2.45) is 0 Å². The predicted molar refractivity (Wildman–Crippen MR) is 118 cm³/mol. The fourth-order valence-corrected chi connectivity index (χ4v) is 4.83. The number of hydrogen-bond donors (Lipinski definition) is 1. The number of rotatable bonds is 6. The van der Waals surface area contributed by atoms with Crippen molar-refractivity contribution in [2.75, 3.05) is 5.32 Å². The molecule has 138 valence electrons. The second kappa shape index (κ2) is 9.10. The van der Waals surface area contributed by atoms with E-state index in [0.717, 1.165) is 19.8 Å². The first-order valence-electron chi connectivity index (χ1n) is 8.60. The van der Waals surface area contributed by atoms with Crippen LogP contribution in [0.4, 0.5) is 5.69 Å². The number of carbonyl (C=O) groups is 1. The Hall–Kier alpha value is -2.54. The van der Waals surface area contributed by atoms with E-state index in [0.29, 0.717) is 10.6 Å². The molecular weight excluding hydrogens is 404 g/mol. The fraction of sp³-hybridized carbons (Fsp3) is 0. The molecule has 0 saturated heterocycles. The van der Waals surface area contributed by atoms with Crippen molar-refractivity contribution in [2.45, 2.75) is 19.8 Å². The molecule has 2 heterocycles. The number of hydrogen-bond acceptors (Lipinski definition) is 5. The average molecular weight is 421 g/mol. The van der Waals surface area contributed by atoms with Gasteiger partial charge in [0.05, 0.1) is 10.6 Å². The summed E-state index contributed by atoms with van der Waals surface area (Å²) in [6.45, 7) is 0. The third kappa shape index (κ3) is 4.84. The Labute approximate surface area is 176 Å². The number of thiophene rings is 1. The summed E-state index contributed by atoms with van der Waals surface area (Å²) >= 11 is 4.57. The van der Waals surface area contributed by atoms with Crippen LogP contribution in [-0.4, -0.2) is 10.9 Å². The highest BCUT2D eigenvalue weighted by molar-refractivity contribution is 8.00. The molecule has 1 amide bonds. The van der Waals surface area contributed by atoms with Crippen molar-refractivity contribution in [1.82, 2.24) is 4.98 Å². The van der Waals surface area contributed by atoms with Crippen molar-refractivity contribution >= 4 is 46.5 Å². The van der Waals surface area contributed by atoms with Crippen LogP contribution in [0.3, 0.4) is 0 Å². The molecular formula is C22H16N2OS3. The van der Waals surface area contributed by atoms with E-state index in [1.54, 1.807) is 23.5 Å². The molecule has 0 aliphatic rings. The van der Waals surface area contributed by atoms with E-state index in [-0.39, 0.29) is 5.91 Å². The highest BCUT2D eigenvalue weighted by Gasteiger charge is 2.13. The van der Waals surface area contributed by atoms with Crippen LogP contribution in [0.25, 0.3) is 0 Å². The molecule has 0 saturated carbocycles. The van der Waals surface area contributed by atoms with Crippen LogP contribution in [0.1, 0.15) is 9.67 Å². The molecule has 28 heavy (non-hydrogen) atoms. The van der Waals surface area contributed by atoms with Gasteiger partial charge in [-0.15, -0.1) is 11.3 Å². The van der Waals surface area contributed by atoms with Gasteiger partial charge in [-0.3, -0.25) is 4.79 Å².